The van der Waals surface area contributed by atoms with Gasteiger partial charge >= 0.3 is 5.97 Å². The van der Waals surface area contributed by atoms with Crippen LogP contribution in [0.5, 0.6) is 0 Å². The SMILES string of the molecule is O=C(O)C12COC1CCC2Cn1ccnn1. The molecular formula is C10H13N3O3. The summed E-state index contributed by atoms with van der Waals surface area (Å²) in [4.78, 5) is 11.4. The van der Waals surface area contributed by atoms with Crippen molar-refractivity contribution in [2.45, 2.75) is 25.5 Å². The summed E-state index contributed by atoms with van der Waals surface area (Å²) >= 11 is 0. The number of ether oxygens (including phenoxy) is 1. The van der Waals surface area contributed by atoms with Crippen LogP contribution in [0.3, 0.4) is 0 Å². The van der Waals surface area contributed by atoms with E-state index in [0.29, 0.717) is 13.2 Å². The molecule has 2 aliphatic rings. The van der Waals surface area contributed by atoms with Crippen molar-refractivity contribution in [3.63, 3.8) is 0 Å². The molecule has 6 nitrogen and oxygen atoms in total. The molecule has 0 bridgehead atoms. The van der Waals surface area contributed by atoms with Gasteiger partial charge in [0.25, 0.3) is 0 Å². The predicted molar refractivity (Wildman–Crippen MR) is 52.6 cm³/mol. The highest BCUT2D eigenvalue weighted by Gasteiger charge is 2.63. The van der Waals surface area contributed by atoms with Crippen LogP contribution in [-0.4, -0.2) is 38.8 Å². The molecule has 1 aliphatic carbocycles. The fraction of sp³-hybridized carbons (Fsp3) is 0.700. The number of hydrogen-bond donors (Lipinski definition) is 1. The second-order valence-corrected chi connectivity index (χ2v) is 4.54. The van der Waals surface area contributed by atoms with Gasteiger partial charge in [-0.1, -0.05) is 5.21 Å². The molecule has 1 aromatic rings. The summed E-state index contributed by atoms with van der Waals surface area (Å²) in [5.74, 6) is -0.628. The highest BCUT2D eigenvalue weighted by Crippen LogP contribution is 2.52. The predicted octanol–water partition coefficient (Wildman–Crippen LogP) is 0.158. The minimum Gasteiger partial charge on any atom is -0.481 e. The van der Waals surface area contributed by atoms with Crippen LogP contribution in [0.4, 0.5) is 0 Å². The second-order valence-electron chi connectivity index (χ2n) is 4.54. The van der Waals surface area contributed by atoms with Crippen LogP contribution in [0.2, 0.25) is 0 Å². The summed E-state index contributed by atoms with van der Waals surface area (Å²) in [6, 6.07) is 0. The van der Waals surface area contributed by atoms with Crippen molar-refractivity contribution >= 4 is 5.97 Å². The minimum absolute atomic E-state index is 0.0986. The maximum atomic E-state index is 11.4. The number of aliphatic carboxylic acids is 1. The Hall–Kier alpha value is -1.43. The smallest absolute Gasteiger partial charge is 0.315 e. The monoisotopic (exact) mass is 223 g/mol. The van der Waals surface area contributed by atoms with Gasteiger partial charge in [0.1, 0.15) is 5.41 Å². The number of rotatable bonds is 3. The average Bonchev–Trinajstić information content (AvgIpc) is 2.75. The van der Waals surface area contributed by atoms with Gasteiger partial charge in [-0.25, -0.2) is 0 Å². The summed E-state index contributed by atoms with van der Waals surface area (Å²) in [7, 11) is 0. The molecule has 3 rings (SSSR count). The Morgan fingerprint density at radius 3 is 3.06 bits per heavy atom. The topological polar surface area (TPSA) is 77.2 Å². The van der Waals surface area contributed by atoms with Gasteiger partial charge in [0.2, 0.25) is 0 Å². The Morgan fingerprint density at radius 1 is 1.62 bits per heavy atom. The molecule has 0 aromatic carbocycles. The first-order chi connectivity index (χ1) is 7.73. The number of nitrogens with zero attached hydrogens (tertiary/aromatic N) is 3. The first-order valence-electron chi connectivity index (χ1n) is 5.42. The molecule has 1 aliphatic heterocycles. The average molecular weight is 223 g/mol. The van der Waals surface area contributed by atoms with Gasteiger partial charge in [-0.15, -0.1) is 5.10 Å². The van der Waals surface area contributed by atoms with Gasteiger partial charge in [0.05, 0.1) is 18.9 Å². The van der Waals surface area contributed by atoms with Gasteiger partial charge in [-0.3, -0.25) is 9.48 Å². The van der Waals surface area contributed by atoms with Crippen molar-refractivity contribution in [2.24, 2.45) is 11.3 Å². The van der Waals surface area contributed by atoms with Crippen molar-refractivity contribution in [1.82, 2.24) is 15.0 Å². The van der Waals surface area contributed by atoms with Gasteiger partial charge in [-0.05, 0) is 18.8 Å². The Balaban J connectivity index is 1.82. The Kier molecular flexibility index (Phi) is 2.00. The van der Waals surface area contributed by atoms with E-state index >= 15 is 0 Å². The third kappa shape index (κ3) is 1.13. The summed E-state index contributed by atoms with van der Waals surface area (Å²) in [5, 5.41) is 17.0. The van der Waals surface area contributed by atoms with E-state index in [1.54, 1.807) is 17.1 Å². The lowest BCUT2D eigenvalue weighted by Crippen LogP contribution is -2.57. The van der Waals surface area contributed by atoms with E-state index in [1.807, 2.05) is 0 Å². The van der Waals surface area contributed by atoms with Crippen LogP contribution in [0.1, 0.15) is 12.8 Å². The number of aromatic nitrogens is 3. The molecule has 16 heavy (non-hydrogen) atoms. The lowest BCUT2D eigenvalue weighted by atomic mass is 9.73. The van der Waals surface area contributed by atoms with Crippen molar-refractivity contribution in [1.29, 1.82) is 0 Å². The van der Waals surface area contributed by atoms with Crippen molar-refractivity contribution < 1.29 is 14.6 Å². The van der Waals surface area contributed by atoms with E-state index in [0.717, 1.165) is 12.8 Å². The lowest BCUT2D eigenvalue weighted by Gasteiger charge is -2.44. The molecule has 6 heteroatoms. The molecule has 3 unspecified atom stereocenters. The zero-order valence-corrected chi connectivity index (χ0v) is 8.74. The third-order valence-electron chi connectivity index (χ3n) is 3.88. The minimum atomic E-state index is -0.730. The molecule has 2 heterocycles. The highest BCUT2D eigenvalue weighted by molar-refractivity contribution is 5.77. The quantitative estimate of drug-likeness (QED) is 0.789. The largest absolute Gasteiger partial charge is 0.481 e. The molecule has 0 spiro atoms. The first-order valence-corrected chi connectivity index (χ1v) is 5.42. The van der Waals surface area contributed by atoms with Crippen molar-refractivity contribution in [2.75, 3.05) is 6.61 Å². The molecule has 0 amide bonds. The number of fused-ring (bicyclic) bond motifs is 1. The summed E-state index contributed by atoms with van der Waals surface area (Å²) < 4.78 is 7.05. The molecule has 1 saturated carbocycles. The van der Waals surface area contributed by atoms with E-state index in [-0.39, 0.29) is 12.0 Å². The van der Waals surface area contributed by atoms with E-state index in [1.165, 1.54) is 0 Å². The molecule has 3 atom stereocenters. The van der Waals surface area contributed by atoms with Gasteiger partial charge in [0.15, 0.2) is 0 Å². The maximum Gasteiger partial charge on any atom is 0.315 e. The Bertz CT molecular complexity index is 405. The Labute approximate surface area is 92.2 Å². The fourth-order valence-corrected chi connectivity index (χ4v) is 2.90. The van der Waals surface area contributed by atoms with Crippen LogP contribution in [0.15, 0.2) is 12.4 Å². The summed E-state index contributed by atoms with van der Waals surface area (Å²) in [6.07, 6.45) is 5.00. The molecule has 0 radical (unpaired) electrons. The third-order valence-corrected chi connectivity index (χ3v) is 3.88. The molecule has 1 saturated heterocycles. The summed E-state index contributed by atoms with van der Waals surface area (Å²) in [6.45, 7) is 0.957. The van der Waals surface area contributed by atoms with Gasteiger partial charge in [0, 0.05) is 12.7 Å². The molecule has 1 N–H and O–H groups in total. The van der Waals surface area contributed by atoms with E-state index in [4.69, 9.17) is 4.74 Å². The van der Waals surface area contributed by atoms with Crippen molar-refractivity contribution in [3.05, 3.63) is 12.4 Å². The molecular weight excluding hydrogens is 210 g/mol. The van der Waals surface area contributed by atoms with Gasteiger partial charge in [-0.2, -0.15) is 0 Å². The molecule has 2 fully saturated rings. The number of hydrogen-bond acceptors (Lipinski definition) is 4. The van der Waals surface area contributed by atoms with Gasteiger partial charge < -0.3 is 9.84 Å². The normalized spacial score (nSPS) is 36.8. The first kappa shape index (κ1) is 9.77. The molecule has 86 valence electrons. The zero-order valence-electron chi connectivity index (χ0n) is 8.74. The van der Waals surface area contributed by atoms with Crippen LogP contribution in [0.25, 0.3) is 0 Å². The zero-order chi connectivity index (χ0) is 11.2. The lowest BCUT2D eigenvalue weighted by molar-refractivity contribution is -0.210. The summed E-state index contributed by atoms with van der Waals surface area (Å²) in [5.41, 5.74) is -0.675. The van der Waals surface area contributed by atoms with Crippen LogP contribution >= 0.6 is 0 Å². The van der Waals surface area contributed by atoms with Crippen LogP contribution < -0.4 is 0 Å². The van der Waals surface area contributed by atoms with Crippen molar-refractivity contribution in [3.8, 4) is 0 Å². The van der Waals surface area contributed by atoms with Crippen LogP contribution in [0, 0.1) is 11.3 Å². The highest BCUT2D eigenvalue weighted by atomic mass is 16.5. The molecule has 1 aromatic heterocycles. The number of carbonyl (C=O) groups is 1. The fourth-order valence-electron chi connectivity index (χ4n) is 2.90. The van der Waals surface area contributed by atoms with E-state index in [2.05, 4.69) is 10.3 Å². The maximum absolute atomic E-state index is 11.4. The van der Waals surface area contributed by atoms with E-state index < -0.39 is 11.4 Å². The number of carboxylic acid groups (broad SMARTS) is 1. The number of carboxylic acids is 1. The second kappa shape index (κ2) is 3.28. The van der Waals surface area contributed by atoms with Crippen LogP contribution in [-0.2, 0) is 16.1 Å². The Morgan fingerprint density at radius 2 is 2.50 bits per heavy atom. The standard InChI is InChI=1S/C10H13N3O3/c14-9(15)10-6-16-8(10)2-1-7(10)5-13-4-3-11-12-13/h3-4,7-8H,1-2,5-6H2,(H,14,15). The van der Waals surface area contributed by atoms with E-state index in [9.17, 15) is 9.90 Å².